The number of nitro groups is 1. The Morgan fingerprint density at radius 1 is 1.10 bits per heavy atom. The third-order valence-electron chi connectivity index (χ3n) is 2.78. The van der Waals surface area contributed by atoms with E-state index in [0.717, 1.165) is 11.6 Å². The Hall–Kier alpha value is -2.34. The lowest BCUT2D eigenvalue weighted by Crippen LogP contribution is -2.14. The predicted molar refractivity (Wildman–Crippen MR) is 70.0 cm³/mol. The van der Waals surface area contributed by atoms with Crippen molar-refractivity contribution in [3.05, 3.63) is 75.3 Å². The standard InChI is InChI=1S/C14H12F2N2O2/c15-12-5-4-11(14(16)7-12)9-17-8-10-2-1-3-13(6-10)18(19)20/h1-7,17H,8-9H2. The Balaban J connectivity index is 1.96. The molecule has 2 rings (SSSR count). The molecule has 2 aromatic rings. The zero-order valence-electron chi connectivity index (χ0n) is 10.5. The van der Waals surface area contributed by atoms with Crippen molar-refractivity contribution in [2.24, 2.45) is 0 Å². The van der Waals surface area contributed by atoms with Crippen LogP contribution in [0.15, 0.2) is 42.5 Å². The van der Waals surface area contributed by atoms with E-state index in [2.05, 4.69) is 5.32 Å². The van der Waals surface area contributed by atoms with Gasteiger partial charge in [0.2, 0.25) is 0 Å². The van der Waals surface area contributed by atoms with E-state index < -0.39 is 16.6 Å². The van der Waals surface area contributed by atoms with Gasteiger partial charge < -0.3 is 5.32 Å². The van der Waals surface area contributed by atoms with Crippen LogP contribution in [0.5, 0.6) is 0 Å². The summed E-state index contributed by atoms with van der Waals surface area (Å²) in [6.07, 6.45) is 0. The first kappa shape index (κ1) is 14.1. The van der Waals surface area contributed by atoms with Crippen molar-refractivity contribution in [1.82, 2.24) is 5.32 Å². The number of nitrogens with zero attached hydrogens (tertiary/aromatic N) is 1. The lowest BCUT2D eigenvalue weighted by atomic mass is 10.2. The highest BCUT2D eigenvalue weighted by Crippen LogP contribution is 2.13. The van der Waals surface area contributed by atoms with E-state index in [-0.39, 0.29) is 12.2 Å². The Morgan fingerprint density at radius 3 is 2.60 bits per heavy atom. The van der Waals surface area contributed by atoms with Gasteiger partial charge in [0.15, 0.2) is 0 Å². The van der Waals surface area contributed by atoms with Crippen molar-refractivity contribution in [2.75, 3.05) is 0 Å². The molecule has 0 amide bonds. The molecule has 0 spiro atoms. The van der Waals surface area contributed by atoms with Crippen molar-refractivity contribution in [2.45, 2.75) is 13.1 Å². The minimum Gasteiger partial charge on any atom is -0.309 e. The van der Waals surface area contributed by atoms with Crippen molar-refractivity contribution >= 4 is 5.69 Å². The number of nitrogens with one attached hydrogen (secondary N) is 1. The van der Waals surface area contributed by atoms with E-state index in [9.17, 15) is 18.9 Å². The molecule has 0 atom stereocenters. The Labute approximate surface area is 114 Å². The van der Waals surface area contributed by atoms with Crippen molar-refractivity contribution in [3.63, 3.8) is 0 Å². The van der Waals surface area contributed by atoms with Gasteiger partial charge >= 0.3 is 0 Å². The molecule has 0 aliphatic heterocycles. The van der Waals surface area contributed by atoms with Gasteiger partial charge in [-0.1, -0.05) is 18.2 Å². The summed E-state index contributed by atoms with van der Waals surface area (Å²) in [7, 11) is 0. The van der Waals surface area contributed by atoms with Gasteiger partial charge in [-0.05, 0) is 11.6 Å². The van der Waals surface area contributed by atoms with Gasteiger partial charge in [0.1, 0.15) is 11.6 Å². The minimum absolute atomic E-state index is 0.0114. The second-order valence-corrected chi connectivity index (χ2v) is 4.27. The fraction of sp³-hybridized carbons (Fsp3) is 0.143. The monoisotopic (exact) mass is 278 g/mol. The van der Waals surface area contributed by atoms with E-state index in [1.54, 1.807) is 12.1 Å². The second kappa shape index (κ2) is 6.21. The van der Waals surface area contributed by atoms with Crippen LogP contribution in [-0.4, -0.2) is 4.92 Å². The maximum atomic E-state index is 13.4. The molecule has 0 aromatic heterocycles. The summed E-state index contributed by atoms with van der Waals surface area (Å²) in [6, 6.07) is 9.56. The zero-order chi connectivity index (χ0) is 14.5. The molecule has 0 aliphatic carbocycles. The predicted octanol–water partition coefficient (Wildman–Crippen LogP) is 3.16. The second-order valence-electron chi connectivity index (χ2n) is 4.27. The number of nitro benzene ring substituents is 1. The fourth-order valence-electron chi connectivity index (χ4n) is 1.79. The number of hydrogen-bond acceptors (Lipinski definition) is 3. The molecule has 0 saturated heterocycles. The molecule has 1 N–H and O–H groups in total. The van der Waals surface area contributed by atoms with Gasteiger partial charge in [0.25, 0.3) is 5.69 Å². The molecule has 0 heterocycles. The SMILES string of the molecule is O=[N+]([O-])c1cccc(CNCc2ccc(F)cc2F)c1. The van der Waals surface area contributed by atoms with Crippen molar-refractivity contribution < 1.29 is 13.7 Å². The smallest absolute Gasteiger partial charge is 0.269 e. The molecule has 104 valence electrons. The molecule has 20 heavy (non-hydrogen) atoms. The van der Waals surface area contributed by atoms with Crippen LogP contribution >= 0.6 is 0 Å². The molecule has 0 aliphatic rings. The quantitative estimate of drug-likeness (QED) is 0.675. The number of benzene rings is 2. The third-order valence-corrected chi connectivity index (χ3v) is 2.78. The first-order valence-corrected chi connectivity index (χ1v) is 5.94. The van der Waals surface area contributed by atoms with Gasteiger partial charge in [0, 0.05) is 36.9 Å². The lowest BCUT2D eigenvalue weighted by molar-refractivity contribution is -0.384. The van der Waals surface area contributed by atoms with Crippen LogP contribution in [0.25, 0.3) is 0 Å². The van der Waals surface area contributed by atoms with Crippen molar-refractivity contribution in [3.8, 4) is 0 Å². The molecule has 6 heteroatoms. The largest absolute Gasteiger partial charge is 0.309 e. The summed E-state index contributed by atoms with van der Waals surface area (Å²) in [6.45, 7) is 0.577. The molecule has 0 unspecified atom stereocenters. The van der Waals surface area contributed by atoms with Crippen LogP contribution in [0, 0.1) is 21.7 Å². The minimum atomic E-state index is -0.620. The van der Waals surface area contributed by atoms with Gasteiger partial charge in [-0.2, -0.15) is 0 Å². The van der Waals surface area contributed by atoms with Crippen LogP contribution in [0.4, 0.5) is 14.5 Å². The van der Waals surface area contributed by atoms with Crippen LogP contribution in [0.1, 0.15) is 11.1 Å². The molecule has 0 fully saturated rings. The molecule has 0 saturated carbocycles. The molecule has 4 nitrogen and oxygen atoms in total. The van der Waals surface area contributed by atoms with Gasteiger partial charge in [0.05, 0.1) is 4.92 Å². The lowest BCUT2D eigenvalue weighted by Gasteiger charge is -2.06. The molecule has 2 aromatic carbocycles. The highest BCUT2D eigenvalue weighted by molar-refractivity contribution is 5.34. The number of non-ortho nitro benzene ring substituents is 1. The highest BCUT2D eigenvalue weighted by Gasteiger charge is 2.06. The topological polar surface area (TPSA) is 55.2 Å². The average molecular weight is 278 g/mol. The summed E-state index contributed by atoms with van der Waals surface area (Å²) < 4.78 is 26.1. The van der Waals surface area contributed by atoms with Gasteiger partial charge in [-0.3, -0.25) is 10.1 Å². The van der Waals surface area contributed by atoms with Crippen LogP contribution in [-0.2, 0) is 13.1 Å². The number of rotatable bonds is 5. The Bertz CT molecular complexity index is 632. The maximum absolute atomic E-state index is 13.4. The average Bonchev–Trinajstić information content (AvgIpc) is 2.41. The van der Waals surface area contributed by atoms with Gasteiger partial charge in [-0.15, -0.1) is 0 Å². The summed E-state index contributed by atoms with van der Waals surface area (Å²) in [4.78, 5) is 10.2. The highest BCUT2D eigenvalue weighted by atomic mass is 19.1. The summed E-state index contributed by atoms with van der Waals surface area (Å²) in [5.74, 6) is -1.23. The van der Waals surface area contributed by atoms with Crippen LogP contribution in [0.2, 0.25) is 0 Å². The number of hydrogen-bond donors (Lipinski definition) is 1. The van der Waals surface area contributed by atoms with E-state index >= 15 is 0 Å². The van der Waals surface area contributed by atoms with E-state index in [1.165, 1.54) is 24.3 Å². The summed E-state index contributed by atoms with van der Waals surface area (Å²) in [5.41, 5.74) is 1.08. The first-order valence-electron chi connectivity index (χ1n) is 5.94. The van der Waals surface area contributed by atoms with Gasteiger partial charge in [-0.25, -0.2) is 8.78 Å². The summed E-state index contributed by atoms with van der Waals surface area (Å²) >= 11 is 0. The van der Waals surface area contributed by atoms with E-state index in [1.807, 2.05) is 0 Å². The normalized spacial score (nSPS) is 10.5. The maximum Gasteiger partial charge on any atom is 0.269 e. The summed E-state index contributed by atoms with van der Waals surface area (Å²) in [5, 5.41) is 13.6. The zero-order valence-corrected chi connectivity index (χ0v) is 10.5. The van der Waals surface area contributed by atoms with Crippen LogP contribution in [0.3, 0.4) is 0 Å². The third kappa shape index (κ3) is 3.58. The molecule has 0 radical (unpaired) electrons. The van der Waals surface area contributed by atoms with Crippen molar-refractivity contribution in [1.29, 1.82) is 0 Å². The molecular formula is C14H12F2N2O2. The molecule has 0 bridgehead atoms. The number of halogens is 2. The Kier molecular flexibility index (Phi) is 4.37. The first-order chi connectivity index (χ1) is 9.56. The van der Waals surface area contributed by atoms with Crippen LogP contribution < -0.4 is 5.32 Å². The van der Waals surface area contributed by atoms with E-state index in [4.69, 9.17) is 0 Å². The fourth-order valence-corrected chi connectivity index (χ4v) is 1.79. The molecular weight excluding hydrogens is 266 g/mol. The van der Waals surface area contributed by atoms with E-state index in [0.29, 0.717) is 12.1 Å². The Morgan fingerprint density at radius 2 is 1.90 bits per heavy atom.